The number of pyridine rings is 1. The summed E-state index contributed by atoms with van der Waals surface area (Å²) < 4.78 is 1.52. The summed E-state index contributed by atoms with van der Waals surface area (Å²) in [5.41, 5.74) is 9.72. The average molecular weight is 331 g/mol. The van der Waals surface area contributed by atoms with Crippen LogP contribution < -0.4 is 5.73 Å². The third kappa shape index (κ3) is 2.40. The smallest absolute Gasteiger partial charge is 0.254 e. The molecule has 0 saturated carbocycles. The molecule has 0 atom stereocenters. The maximum absolute atomic E-state index is 12.1. The van der Waals surface area contributed by atoms with E-state index < -0.39 is 5.91 Å². The number of hydrogen-bond donors (Lipinski definition) is 1. The van der Waals surface area contributed by atoms with Gasteiger partial charge in [-0.15, -0.1) is 0 Å². The normalized spacial score (nSPS) is 10.9. The van der Waals surface area contributed by atoms with Gasteiger partial charge >= 0.3 is 0 Å². The van der Waals surface area contributed by atoms with E-state index >= 15 is 0 Å². The second kappa shape index (κ2) is 5.75. The minimum absolute atomic E-state index is 0.247. The Morgan fingerprint density at radius 1 is 1.12 bits per heavy atom. The van der Waals surface area contributed by atoms with Gasteiger partial charge in [0.25, 0.3) is 5.91 Å². The molecule has 0 spiro atoms. The number of carbonyl (C=O) groups excluding carboxylic acids is 1. The first-order chi connectivity index (χ1) is 12.2. The molecule has 1 amide bonds. The Kier molecular flexibility index (Phi) is 3.42. The summed E-state index contributed by atoms with van der Waals surface area (Å²) in [6.07, 6.45) is 8.22. The Balaban J connectivity index is 2.05. The van der Waals surface area contributed by atoms with Gasteiger partial charge in [-0.2, -0.15) is 15.3 Å². The number of rotatable bonds is 3. The van der Waals surface area contributed by atoms with Gasteiger partial charge in [-0.05, 0) is 30.7 Å². The largest absolute Gasteiger partial charge is 0.365 e. The number of primary amides is 1. The molecule has 0 aliphatic carbocycles. The predicted octanol–water partition coefficient (Wildman–Crippen LogP) is 1.66. The van der Waals surface area contributed by atoms with Gasteiger partial charge in [0.05, 0.1) is 5.69 Å². The summed E-state index contributed by atoms with van der Waals surface area (Å²) in [6, 6.07) is 5.41. The molecule has 0 unspecified atom stereocenters. The standard InChI is InChI=1S/C17H13N7O/c1-10-3-7-21-22-14(10)11-4-6-19-9-12(11)15-13(16(18)25)17-20-5-2-8-24(17)23-15/h2-9H,1H3,(H2,18,25). The van der Waals surface area contributed by atoms with E-state index in [-0.39, 0.29) is 5.56 Å². The van der Waals surface area contributed by atoms with Gasteiger partial charge in [0, 0.05) is 42.1 Å². The molecule has 0 aliphatic heterocycles. The summed E-state index contributed by atoms with van der Waals surface area (Å²) in [5, 5.41) is 12.7. The van der Waals surface area contributed by atoms with Crippen molar-refractivity contribution in [3.05, 3.63) is 60.3 Å². The molecular weight excluding hydrogens is 318 g/mol. The quantitative estimate of drug-likeness (QED) is 0.611. The highest BCUT2D eigenvalue weighted by molar-refractivity contribution is 6.05. The molecule has 4 heterocycles. The summed E-state index contributed by atoms with van der Waals surface area (Å²) in [6.45, 7) is 1.94. The third-order valence-electron chi connectivity index (χ3n) is 3.90. The Hall–Kier alpha value is -3.68. The number of aromatic nitrogens is 6. The second-order valence-electron chi connectivity index (χ2n) is 5.46. The lowest BCUT2D eigenvalue weighted by atomic mass is 9.99. The molecule has 122 valence electrons. The van der Waals surface area contributed by atoms with Crippen LogP contribution in [-0.4, -0.2) is 35.7 Å². The Bertz CT molecular complexity index is 1100. The number of carbonyl (C=O) groups is 1. The SMILES string of the molecule is Cc1ccnnc1-c1ccncc1-c1nn2cccnc2c1C(N)=O. The Morgan fingerprint density at radius 2 is 2.00 bits per heavy atom. The van der Waals surface area contributed by atoms with Crippen LogP contribution in [0.4, 0.5) is 0 Å². The molecule has 4 aromatic rings. The van der Waals surface area contributed by atoms with Crippen molar-refractivity contribution in [3.63, 3.8) is 0 Å². The van der Waals surface area contributed by atoms with Crippen LogP contribution in [0.1, 0.15) is 15.9 Å². The molecule has 0 aromatic carbocycles. The molecule has 0 bridgehead atoms. The van der Waals surface area contributed by atoms with Gasteiger partial charge in [-0.25, -0.2) is 9.50 Å². The Morgan fingerprint density at radius 3 is 2.80 bits per heavy atom. The van der Waals surface area contributed by atoms with Gasteiger partial charge in [0.2, 0.25) is 0 Å². The van der Waals surface area contributed by atoms with Crippen molar-refractivity contribution in [3.8, 4) is 22.5 Å². The lowest BCUT2D eigenvalue weighted by Crippen LogP contribution is -2.12. The first-order valence-electron chi connectivity index (χ1n) is 7.53. The first kappa shape index (κ1) is 14.9. The molecule has 8 heteroatoms. The number of hydrogen-bond acceptors (Lipinski definition) is 6. The number of fused-ring (bicyclic) bond motifs is 1. The lowest BCUT2D eigenvalue weighted by molar-refractivity contribution is 0.100. The van der Waals surface area contributed by atoms with Gasteiger partial charge in [-0.1, -0.05) is 0 Å². The molecule has 8 nitrogen and oxygen atoms in total. The van der Waals surface area contributed by atoms with Gasteiger partial charge in [0.15, 0.2) is 5.65 Å². The fourth-order valence-electron chi connectivity index (χ4n) is 2.75. The van der Waals surface area contributed by atoms with Crippen molar-refractivity contribution in [2.24, 2.45) is 5.73 Å². The zero-order valence-corrected chi connectivity index (χ0v) is 13.3. The van der Waals surface area contributed by atoms with Gasteiger partial charge in [0.1, 0.15) is 11.3 Å². The molecule has 25 heavy (non-hydrogen) atoms. The van der Waals surface area contributed by atoms with E-state index in [4.69, 9.17) is 5.73 Å². The van der Waals surface area contributed by atoms with E-state index in [1.165, 1.54) is 4.52 Å². The monoisotopic (exact) mass is 331 g/mol. The van der Waals surface area contributed by atoms with E-state index in [9.17, 15) is 4.79 Å². The van der Waals surface area contributed by atoms with E-state index in [1.807, 2.05) is 19.1 Å². The topological polar surface area (TPSA) is 112 Å². The van der Waals surface area contributed by atoms with Crippen LogP contribution in [0.25, 0.3) is 28.2 Å². The highest BCUT2D eigenvalue weighted by Gasteiger charge is 2.23. The van der Waals surface area contributed by atoms with Crippen LogP contribution in [0, 0.1) is 6.92 Å². The maximum Gasteiger partial charge on any atom is 0.254 e. The van der Waals surface area contributed by atoms with Crippen LogP contribution in [0.2, 0.25) is 0 Å². The first-order valence-corrected chi connectivity index (χ1v) is 7.53. The van der Waals surface area contributed by atoms with Crippen molar-refractivity contribution in [2.75, 3.05) is 0 Å². The molecule has 0 radical (unpaired) electrons. The third-order valence-corrected chi connectivity index (χ3v) is 3.90. The summed E-state index contributed by atoms with van der Waals surface area (Å²) in [7, 11) is 0. The second-order valence-corrected chi connectivity index (χ2v) is 5.46. The molecule has 0 aliphatic rings. The molecule has 2 N–H and O–H groups in total. The summed E-state index contributed by atoms with van der Waals surface area (Å²) >= 11 is 0. The van der Waals surface area contributed by atoms with Crippen molar-refractivity contribution >= 4 is 11.6 Å². The minimum atomic E-state index is -0.602. The minimum Gasteiger partial charge on any atom is -0.365 e. The summed E-state index contributed by atoms with van der Waals surface area (Å²) in [5.74, 6) is -0.602. The van der Waals surface area contributed by atoms with Crippen LogP contribution in [-0.2, 0) is 0 Å². The van der Waals surface area contributed by atoms with Gasteiger partial charge < -0.3 is 5.73 Å². The Labute approximate surface area is 142 Å². The van der Waals surface area contributed by atoms with E-state index in [0.29, 0.717) is 22.6 Å². The molecule has 4 aromatic heterocycles. The highest BCUT2D eigenvalue weighted by atomic mass is 16.1. The van der Waals surface area contributed by atoms with Crippen molar-refractivity contribution in [2.45, 2.75) is 6.92 Å². The van der Waals surface area contributed by atoms with E-state index in [2.05, 4.69) is 25.3 Å². The van der Waals surface area contributed by atoms with E-state index in [1.54, 1.807) is 37.1 Å². The van der Waals surface area contributed by atoms with Crippen LogP contribution >= 0.6 is 0 Å². The molecule has 0 fully saturated rings. The molecule has 0 saturated heterocycles. The van der Waals surface area contributed by atoms with Crippen LogP contribution in [0.3, 0.4) is 0 Å². The van der Waals surface area contributed by atoms with Crippen molar-refractivity contribution < 1.29 is 4.79 Å². The van der Waals surface area contributed by atoms with Crippen molar-refractivity contribution in [1.82, 2.24) is 29.8 Å². The predicted molar refractivity (Wildman–Crippen MR) is 90.5 cm³/mol. The fourth-order valence-corrected chi connectivity index (χ4v) is 2.75. The van der Waals surface area contributed by atoms with Gasteiger partial charge in [-0.3, -0.25) is 9.78 Å². The van der Waals surface area contributed by atoms with Crippen LogP contribution in [0.15, 0.2) is 49.2 Å². The number of amides is 1. The fraction of sp³-hybridized carbons (Fsp3) is 0.0588. The highest BCUT2D eigenvalue weighted by Crippen LogP contribution is 2.33. The number of nitrogens with zero attached hydrogens (tertiary/aromatic N) is 6. The summed E-state index contributed by atoms with van der Waals surface area (Å²) in [4.78, 5) is 20.5. The average Bonchev–Trinajstić information content (AvgIpc) is 3.02. The zero-order valence-electron chi connectivity index (χ0n) is 13.3. The van der Waals surface area contributed by atoms with Crippen molar-refractivity contribution in [1.29, 1.82) is 0 Å². The number of aryl methyl sites for hydroxylation is 1. The van der Waals surface area contributed by atoms with E-state index in [0.717, 1.165) is 11.1 Å². The maximum atomic E-state index is 12.1. The van der Waals surface area contributed by atoms with Crippen LogP contribution in [0.5, 0.6) is 0 Å². The molecule has 4 rings (SSSR count). The lowest BCUT2D eigenvalue weighted by Gasteiger charge is -2.08. The number of nitrogens with two attached hydrogens (primary N) is 1. The molecular formula is C17H13N7O. The zero-order chi connectivity index (χ0) is 17.4.